The highest BCUT2D eigenvalue weighted by Gasteiger charge is 2.40. The van der Waals surface area contributed by atoms with E-state index in [1.807, 2.05) is 19.9 Å². The van der Waals surface area contributed by atoms with E-state index in [0.29, 0.717) is 6.42 Å². The molecule has 20 heavy (non-hydrogen) atoms. The van der Waals surface area contributed by atoms with Gasteiger partial charge in [0.05, 0.1) is 22.7 Å². The Morgan fingerprint density at radius 2 is 2.15 bits per heavy atom. The van der Waals surface area contributed by atoms with Crippen molar-refractivity contribution >= 4 is 15.7 Å². The molecule has 7 heteroatoms. The zero-order valence-corrected chi connectivity index (χ0v) is 13.1. The summed E-state index contributed by atoms with van der Waals surface area (Å²) in [6, 6.07) is 1.45. The summed E-state index contributed by atoms with van der Waals surface area (Å²) in [7, 11) is -3.03. The lowest BCUT2D eigenvalue weighted by atomic mass is 10.0. The van der Waals surface area contributed by atoms with E-state index < -0.39 is 21.4 Å². The number of amides is 1. The molecule has 112 valence electrons. The van der Waals surface area contributed by atoms with Gasteiger partial charge >= 0.3 is 0 Å². The molecule has 6 nitrogen and oxygen atoms in total. The minimum absolute atomic E-state index is 0.00950. The summed E-state index contributed by atoms with van der Waals surface area (Å²) >= 11 is 0. The van der Waals surface area contributed by atoms with Crippen LogP contribution in [0.1, 0.15) is 37.7 Å². The number of aromatic nitrogens is 2. The Balaban J connectivity index is 2.11. The molecule has 1 aliphatic heterocycles. The van der Waals surface area contributed by atoms with Gasteiger partial charge in [0.1, 0.15) is 6.04 Å². The van der Waals surface area contributed by atoms with Gasteiger partial charge < -0.3 is 5.32 Å². The fraction of sp³-hybridized carbons (Fsp3) is 0.692. The Bertz CT molecular complexity index is 635. The molecule has 0 aliphatic carbocycles. The number of nitrogens with one attached hydrogen (secondary N) is 1. The Hall–Kier alpha value is -1.37. The maximum atomic E-state index is 12.3. The van der Waals surface area contributed by atoms with Gasteiger partial charge in [0.25, 0.3) is 0 Å². The predicted molar refractivity (Wildman–Crippen MR) is 76.2 cm³/mol. The molecule has 2 unspecified atom stereocenters. The highest BCUT2D eigenvalue weighted by atomic mass is 32.2. The van der Waals surface area contributed by atoms with E-state index in [2.05, 4.69) is 10.4 Å². The van der Waals surface area contributed by atoms with E-state index in [-0.39, 0.29) is 17.4 Å². The molecule has 1 N–H and O–H groups in total. The lowest BCUT2D eigenvalue weighted by molar-refractivity contribution is -0.125. The fourth-order valence-electron chi connectivity index (χ4n) is 2.66. The van der Waals surface area contributed by atoms with Gasteiger partial charge in [-0.3, -0.25) is 9.48 Å². The summed E-state index contributed by atoms with van der Waals surface area (Å²) in [5.74, 6) is -0.0519. The molecule has 1 aliphatic rings. The van der Waals surface area contributed by atoms with Crippen molar-refractivity contribution in [3.63, 3.8) is 0 Å². The second-order valence-corrected chi connectivity index (χ2v) is 8.12. The average Bonchev–Trinajstić information content (AvgIpc) is 2.77. The van der Waals surface area contributed by atoms with Crippen molar-refractivity contribution in [3.8, 4) is 0 Å². The van der Waals surface area contributed by atoms with Crippen LogP contribution in [0.5, 0.6) is 0 Å². The lowest BCUT2D eigenvalue weighted by Gasteiger charge is -2.26. The van der Waals surface area contributed by atoms with Crippen molar-refractivity contribution in [2.75, 3.05) is 11.5 Å². The van der Waals surface area contributed by atoms with Crippen LogP contribution < -0.4 is 5.32 Å². The van der Waals surface area contributed by atoms with Gasteiger partial charge in [-0.15, -0.1) is 0 Å². The van der Waals surface area contributed by atoms with E-state index in [1.165, 1.54) is 0 Å². The SMILES string of the molecule is Cc1cc(C)n(C(C)C(=O)NC2(C)CCS(=O)(=O)C2)n1. The van der Waals surface area contributed by atoms with Crippen LogP contribution in [0.25, 0.3) is 0 Å². The summed E-state index contributed by atoms with van der Waals surface area (Å²) in [6.07, 6.45) is 0.463. The number of rotatable bonds is 3. The summed E-state index contributed by atoms with van der Waals surface area (Å²) in [5.41, 5.74) is 1.10. The van der Waals surface area contributed by atoms with Crippen molar-refractivity contribution in [1.82, 2.24) is 15.1 Å². The Morgan fingerprint density at radius 1 is 1.50 bits per heavy atom. The molecule has 1 saturated heterocycles. The molecule has 2 atom stereocenters. The second kappa shape index (κ2) is 4.87. The van der Waals surface area contributed by atoms with E-state index in [4.69, 9.17) is 0 Å². The zero-order valence-electron chi connectivity index (χ0n) is 12.3. The summed E-state index contributed by atoms with van der Waals surface area (Å²) in [4.78, 5) is 12.3. The number of aryl methyl sites for hydroxylation is 2. The van der Waals surface area contributed by atoms with Crippen LogP contribution in [0.4, 0.5) is 0 Å². The van der Waals surface area contributed by atoms with Gasteiger partial charge in [0.15, 0.2) is 9.84 Å². The number of nitrogens with zero attached hydrogens (tertiary/aromatic N) is 2. The van der Waals surface area contributed by atoms with E-state index in [9.17, 15) is 13.2 Å². The third-order valence-corrected chi connectivity index (χ3v) is 5.62. The summed E-state index contributed by atoms with van der Waals surface area (Å²) in [6.45, 7) is 7.31. The van der Waals surface area contributed by atoms with Crippen molar-refractivity contribution in [1.29, 1.82) is 0 Å². The number of carbonyl (C=O) groups excluding carboxylic acids is 1. The third kappa shape index (κ3) is 3.03. The molecule has 1 aromatic heterocycles. The van der Waals surface area contributed by atoms with E-state index in [1.54, 1.807) is 18.5 Å². The van der Waals surface area contributed by atoms with Gasteiger partial charge in [0, 0.05) is 5.69 Å². The fourth-order valence-corrected chi connectivity index (χ4v) is 4.75. The van der Waals surface area contributed by atoms with Gasteiger partial charge in [-0.1, -0.05) is 0 Å². The second-order valence-electron chi connectivity index (χ2n) is 5.94. The maximum absolute atomic E-state index is 12.3. The van der Waals surface area contributed by atoms with Crippen LogP contribution in [0.15, 0.2) is 6.07 Å². The Labute approximate surface area is 119 Å². The van der Waals surface area contributed by atoms with Crippen LogP contribution in [-0.4, -0.2) is 41.2 Å². The zero-order chi connectivity index (χ0) is 15.1. The minimum atomic E-state index is -3.03. The smallest absolute Gasteiger partial charge is 0.245 e. The van der Waals surface area contributed by atoms with Crippen molar-refractivity contribution in [3.05, 3.63) is 17.5 Å². The summed E-state index contributed by atoms with van der Waals surface area (Å²) in [5, 5.41) is 7.16. The van der Waals surface area contributed by atoms with Crippen LogP contribution in [0, 0.1) is 13.8 Å². The van der Waals surface area contributed by atoms with Crippen LogP contribution >= 0.6 is 0 Å². The quantitative estimate of drug-likeness (QED) is 0.893. The maximum Gasteiger partial charge on any atom is 0.245 e. The number of sulfone groups is 1. The topological polar surface area (TPSA) is 81.1 Å². The third-order valence-electron chi connectivity index (χ3n) is 3.72. The molecule has 1 fully saturated rings. The van der Waals surface area contributed by atoms with Crippen LogP contribution in [-0.2, 0) is 14.6 Å². The first kappa shape index (κ1) is 15.0. The molecule has 2 heterocycles. The van der Waals surface area contributed by atoms with Gasteiger partial charge in [-0.05, 0) is 40.2 Å². The molecule has 0 saturated carbocycles. The van der Waals surface area contributed by atoms with Crippen LogP contribution in [0.2, 0.25) is 0 Å². The molecular formula is C13H21N3O3S. The first-order chi connectivity index (χ1) is 9.12. The highest BCUT2D eigenvalue weighted by Crippen LogP contribution is 2.24. The largest absolute Gasteiger partial charge is 0.348 e. The monoisotopic (exact) mass is 299 g/mol. The molecule has 0 spiro atoms. The molecule has 2 rings (SSSR count). The van der Waals surface area contributed by atoms with Crippen molar-refractivity contribution < 1.29 is 13.2 Å². The van der Waals surface area contributed by atoms with Gasteiger partial charge in [-0.25, -0.2) is 8.42 Å². The average molecular weight is 299 g/mol. The van der Waals surface area contributed by atoms with E-state index >= 15 is 0 Å². The first-order valence-corrected chi connectivity index (χ1v) is 8.49. The van der Waals surface area contributed by atoms with Gasteiger partial charge in [-0.2, -0.15) is 5.10 Å². The minimum Gasteiger partial charge on any atom is -0.348 e. The van der Waals surface area contributed by atoms with Crippen molar-refractivity contribution in [2.24, 2.45) is 0 Å². The molecule has 0 radical (unpaired) electrons. The molecule has 1 amide bonds. The first-order valence-electron chi connectivity index (χ1n) is 6.67. The molecular weight excluding hydrogens is 278 g/mol. The molecule has 0 aromatic carbocycles. The lowest BCUT2D eigenvalue weighted by Crippen LogP contribution is -2.49. The highest BCUT2D eigenvalue weighted by molar-refractivity contribution is 7.91. The van der Waals surface area contributed by atoms with Gasteiger partial charge in [0.2, 0.25) is 5.91 Å². The normalized spacial score (nSPS) is 26.4. The standard InChI is InChI=1S/C13H21N3O3S/c1-9-7-10(2)16(15-9)11(3)12(17)14-13(4)5-6-20(18,19)8-13/h7,11H,5-6,8H2,1-4H3,(H,14,17). The predicted octanol–water partition coefficient (Wildman–Crippen LogP) is 0.754. The Kier molecular flexibility index (Phi) is 3.66. The van der Waals surface area contributed by atoms with E-state index in [0.717, 1.165) is 11.4 Å². The number of carbonyl (C=O) groups is 1. The molecule has 1 aromatic rings. The molecule has 0 bridgehead atoms. The number of hydrogen-bond donors (Lipinski definition) is 1. The Morgan fingerprint density at radius 3 is 2.60 bits per heavy atom. The summed E-state index contributed by atoms with van der Waals surface area (Å²) < 4.78 is 24.8. The number of hydrogen-bond acceptors (Lipinski definition) is 4. The van der Waals surface area contributed by atoms with Crippen LogP contribution in [0.3, 0.4) is 0 Å². The van der Waals surface area contributed by atoms with Crippen molar-refractivity contribution in [2.45, 2.75) is 45.7 Å².